The molecular formula is C65H70AcBr16O17. The Balaban J connectivity index is 0. The van der Waals surface area contributed by atoms with Crippen LogP contribution in [0.4, 0.5) is 0 Å². The van der Waals surface area contributed by atoms with E-state index in [-0.39, 0.29) is 89.3 Å². The predicted octanol–water partition coefficient (Wildman–Crippen LogP) is 24.0. The number of ketones is 1. The van der Waals surface area contributed by atoms with Crippen LogP contribution in [0.3, 0.4) is 0 Å². The molecule has 0 saturated carbocycles. The number of halogens is 16. The fourth-order valence-electron chi connectivity index (χ4n) is 7.39. The first kappa shape index (κ1) is 102. The number of allylic oxidation sites excluding steroid dienone is 9. The molecule has 2 N–H and O–H groups in total. The van der Waals surface area contributed by atoms with Crippen LogP contribution in [0.25, 0.3) is 0 Å². The Hall–Kier alpha value is 1.10. The van der Waals surface area contributed by atoms with Gasteiger partial charge in [0.25, 0.3) is 0 Å². The number of esters is 7. The topological polar surface area (TPSA) is 242 Å². The third-order valence-electron chi connectivity index (χ3n) is 12.7. The summed E-state index contributed by atoms with van der Waals surface area (Å²) in [7, 11) is 0. The van der Waals surface area contributed by atoms with Crippen LogP contribution in [0.5, 0.6) is 0 Å². The molecule has 0 fully saturated rings. The van der Waals surface area contributed by atoms with Crippen molar-refractivity contribution in [2.75, 3.05) is 0 Å². The number of aliphatic hydroxyl groups is 2. The van der Waals surface area contributed by atoms with E-state index in [9.17, 15) is 48.6 Å². The van der Waals surface area contributed by atoms with E-state index in [1.54, 1.807) is 45.1 Å². The van der Waals surface area contributed by atoms with Crippen molar-refractivity contribution in [3.8, 4) is 0 Å². The monoisotopic (exact) mass is 2610 g/mol. The van der Waals surface area contributed by atoms with Gasteiger partial charge in [-0.25, -0.2) is 33.6 Å². The SMILES string of the molecule is C/C=C1/C=C(Br)C(=O)O1.CC(=O)/C(C)=C/Br.CCCCC1=C(Br)/C(=C/Br)OC1=O.CCCCCC(Br)C1=C(Br)/C(=C/Br)OC1=O.CCCCCC(Br)C1=CC(=C(Br)Br)OC1=O.CCC[C@@H](O)C1=C(Br)/C(=C/Br)OC1=O.CCC[C@@H](O)C1=C(Br)/C(=C/Br)OC1=O.O=C1C=C(Br)/C(=C/Br)O1.[Ac]. The number of carbonyl (C=O) groups excluding carboxylic acids is 8. The van der Waals surface area contributed by atoms with Gasteiger partial charge in [-0.05, 0) is 209 Å². The normalized spacial score (nSPS) is 19.7. The van der Waals surface area contributed by atoms with Gasteiger partial charge < -0.3 is 43.4 Å². The minimum atomic E-state index is -0.758. The molecule has 1 radical (unpaired) electrons. The summed E-state index contributed by atoms with van der Waals surface area (Å²) in [5.74, 6) is 1.30. The van der Waals surface area contributed by atoms with Gasteiger partial charge in [-0.3, -0.25) is 4.79 Å². The zero-order valence-electron chi connectivity index (χ0n) is 54.3. The van der Waals surface area contributed by atoms with E-state index >= 15 is 0 Å². The van der Waals surface area contributed by atoms with Gasteiger partial charge in [-0.1, -0.05) is 220 Å². The average Bonchev–Trinajstić information content (AvgIpc) is 1.70. The van der Waals surface area contributed by atoms with Crippen molar-refractivity contribution >= 4 is 302 Å². The van der Waals surface area contributed by atoms with Crippen LogP contribution in [-0.2, 0) is 71.5 Å². The number of rotatable bonds is 20. The maximum absolute atomic E-state index is 11.6. The number of ether oxygens (including phenoxy) is 7. The van der Waals surface area contributed by atoms with E-state index in [2.05, 4.69) is 280 Å². The Bertz CT molecular complexity index is 3300. The average molecular weight is 2630 g/mol. The zero-order chi connectivity index (χ0) is 75.1. The quantitative estimate of drug-likeness (QED) is 0.0378. The molecule has 0 saturated heterocycles. The molecular weight excluding hydrogens is 2560 g/mol. The number of cyclic esters (lactones) is 7. The molecule has 7 rings (SSSR count). The van der Waals surface area contributed by atoms with E-state index < -0.39 is 24.1 Å². The smallest absolute Gasteiger partial charge is 0.350 e. The van der Waals surface area contributed by atoms with E-state index in [1.807, 2.05) is 20.8 Å². The minimum absolute atomic E-state index is 0. The molecule has 0 aromatic heterocycles. The van der Waals surface area contributed by atoms with Crippen molar-refractivity contribution in [2.24, 2.45) is 0 Å². The van der Waals surface area contributed by atoms with Crippen LogP contribution in [0, 0.1) is 44.1 Å². The first-order valence-electron chi connectivity index (χ1n) is 29.5. The Morgan fingerprint density at radius 2 is 0.879 bits per heavy atom. The van der Waals surface area contributed by atoms with Crippen LogP contribution in [-0.4, -0.2) is 79.6 Å². The van der Waals surface area contributed by atoms with E-state index in [0.717, 1.165) is 77.9 Å². The van der Waals surface area contributed by atoms with Crippen molar-refractivity contribution in [1.82, 2.24) is 0 Å². The first-order chi connectivity index (χ1) is 46.3. The van der Waals surface area contributed by atoms with Gasteiger partial charge in [0, 0.05) is 90.8 Å². The van der Waals surface area contributed by atoms with Crippen LogP contribution in [0.1, 0.15) is 152 Å². The maximum atomic E-state index is 11.6. The Labute approximate surface area is 748 Å². The predicted molar refractivity (Wildman–Crippen MR) is 441 cm³/mol. The summed E-state index contributed by atoms with van der Waals surface area (Å²) in [5, 5.41) is 19.3. The molecule has 7 aliphatic heterocycles. The molecule has 0 spiro atoms. The summed E-state index contributed by atoms with van der Waals surface area (Å²) < 4.78 is 38.7. The van der Waals surface area contributed by atoms with Gasteiger partial charge in [0.15, 0.2) is 40.3 Å². The van der Waals surface area contributed by atoms with Gasteiger partial charge in [0.1, 0.15) is 13.6 Å². The van der Waals surface area contributed by atoms with E-state index in [4.69, 9.17) is 28.4 Å². The standard InChI is InChI=1S/2C11H13Br3O2.2C9H10Br2O3.C9H10Br2O2.C6H5BrO2.C5H2Br2O2.C5H7BrO.Ac/c1-2-3-4-5-8(12)7-6-9(10(13)14)16-11(7)15;1-2-3-4-5-7(13)9-10(14)8(6-12)16-11(9)15;2*1-2-3-5(12)7-8(11)6(4-10)14-9(7)13;1-2-3-4-6-8(11)7(5-10)13-9(6)12;1-2-4-3-5(7)6(8)9-4;6-2-4-3(7)1-5(8)9-4;1-4(3-6)5(2)7;/h6,8H,2-5H2,1H3;6-7H,2-5H2,1H3;2*4-5,12H,2-3H2,1H3;5H,2-4H2,1H3;2-3H,1H3;1-2H;3H,1-2H3;/b;8-6-;2*6-4-;7-5-;2*4-2-;4-3+;/t;;2*5-;;;;;/m..11...../s1. The molecule has 99 heavy (non-hydrogen) atoms. The number of hydrogen-bond acceptors (Lipinski definition) is 17. The van der Waals surface area contributed by atoms with Crippen molar-refractivity contribution in [3.05, 3.63) is 158 Å². The molecule has 0 amide bonds. The second-order valence-electron chi connectivity index (χ2n) is 20.0. The molecule has 17 nitrogen and oxygen atoms in total. The number of carbonyl (C=O) groups is 8. The Morgan fingerprint density at radius 3 is 1.17 bits per heavy atom. The summed E-state index contributed by atoms with van der Waals surface area (Å²) in [6.07, 6.45) is 19.4. The van der Waals surface area contributed by atoms with E-state index in [1.165, 1.54) is 48.7 Å². The minimum Gasteiger partial charge on any atom is -0.423 e. The van der Waals surface area contributed by atoms with E-state index in [0.29, 0.717) is 96.8 Å². The number of Topliss-reactive ketones (excluding diaryl/α,β-unsaturated/α-hetero) is 1. The summed E-state index contributed by atoms with van der Waals surface area (Å²) >= 11 is 51.4. The molecule has 7 heterocycles. The molecule has 34 heteroatoms. The van der Waals surface area contributed by atoms with Crippen LogP contribution < -0.4 is 0 Å². The second kappa shape index (κ2) is 57.2. The van der Waals surface area contributed by atoms with Crippen molar-refractivity contribution < 1.29 is 126 Å². The molecule has 7 aliphatic rings. The molecule has 4 atom stereocenters. The summed E-state index contributed by atoms with van der Waals surface area (Å²) in [6.45, 7) is 15.4. The summed E-state index contributed by atoms with van der Waals surface area (Å²) in [4.78, 5) is 98.0. The molecule has 2 unspecified atom stereocenters. The number of alkyl halides is 2. The first-order valence-corrected chi connectivity index (χ1v) is 43.2. The van der Waals surface area contributed by atoms with Crippen molar-refractivity contribution in [3.63, 3.8) is 0 Å². The van der Waals surface area contributed by atoms with Crippen LogP contribution in [0.2, 0.25) is 0 Å². The molecule has 0 aromatic carbocycles. The fraction of sp³-hybridized carbons (Fsp3) is 0.415. The number of unbranched alkanes of at least 4 members (excludes halogenated alkanes) is 5. The zero-order valence-corrected chi connectivity index (χ0v) is 84.5. The largest absolute Gasteiger partial charge is 0.423 e. The Kier molecular flexibility index (Phi) is 59.0. The summed E-state index contributed by atoms with van der Waals surface area (Å²) in [6, 6.07) is 0. The van der Waals surface area contributed by atoms with Gasteiger partial charge in [-0.15, -0.1) is 0 Å². The third kappa shape index (κ3) is 36.9. The van der Waals surface area contributed by atoms with Gasteiger partial charge in [-0.2, -0.15) is 0 Å². The fourth-order valence-corrected chi connectivity index (χ4v) is 16.1. The number of hydrogen-bond donors (Lipinski definition) is 2. The van der Waals surface area contributed by atoms with Crippen molar-refractivity contribution in [1.29, 1.82) is 0 Å². The van der Waals surface area contributed by atoms with Crippen LogP contribution >= 0.6 is 255 Å². The maximum Gasteiger partial charge on any atom is 0.350 e. The molecule has 0 aromatic rings. The summed E-state index contributed by atoms with van der Waals surface area (Å²) in [5.41, 5.74) is 3.48. The molecule has 547 valence electrons. The second-order valence-corrected chi connectivity index (χ2v) is 32.5. The Morgan fingerprint density at radius 1 is 0.465 bits per heavy atom. The van der Waals surface area contributed by atoms with Gasteiger partial charge >= 0.3 is 41.8 Å². The number of aliphatic hydroxyl groups excluding tert-OH is 2. The van der Waals surface area contributed by atoms with Gasteiger partial charge in [0.2, 0.25) is 0 Å². The van der Waals surface area contributed by atoms with Gasteiger partial charge in [0.05, 0.1) is 62.5 Å². The molecule has 0 aliphatic carbocycles. The van der Waals surface area contributed by atoms with Crippen molar-refractivity contribution in [2.45, 2.75) is 174 Å². The van der Waals surface area contributed by atoms with Crippen LogP contribution in [0.15, 0.2) is 158 Å². The third-order valence-corrected chi connectivity index (χ3v) is 22.6. The molecule has 0 bridgehead atoms.